The molecule has 0 spiro atoms. The minimum Gasteiger partial charge on any atom is -0.504 e. The van der Waals surface area contributed by atoms with Gasteiger partial charge in [0, 0.05) is 6.04 Å². The lowest BCUT2D eigenvalue weighted by molar-refractivity contribution is 0.392. The molecule has 1 aromatic rings. The Labute approximate surface area is 106 Å². The van der Waals surface area contributed by atoms with Crippen molar-refractivity contribution in [1.82, 2.24) is 5.32 Å². The van der Waals surface area contributed by atoms with Crippen LogP contribution in [0.3, 0.4) is 0 Å². The Morgan fingerprint density at radius 1 is 1.41 bits per heavy atom. The first-order chi connectivity index (χ1) is 8.09. The van der Waals surface area contributed by atoms with E-state index in [9.17, 15) is 10.2 Å². The minimum atomic E-state index is -0.205. The van der Waals surface area contributed by atoms with Crippen molar-refractivity contribution in [2.75, 3.05) is 6.54 Å². The van der Waals surface area contributed by atoms with Crippen molar-refractivity contribution in [3.63, 3.8) is 0 Å². The molecule has 0 bridgehead atoms. The van der Waals surface area contributed by atoms with Crippen molar-refractivity contribution in [2.45, 2.75) is 38.6 Å². The second kappa shape index (κ2) is 5.15. The zero-order chi connectivity index (χ0) is 12.4. The highest BCUT2D eigenvalue weighted by Gasteiger charge is 2.19. The van der Waals surface area contributed by atoms with Gasteiger partial charge < -0.3 is 15.5 Å². The maximum atomic E-state index is 9.64. The maximum absolute atomic E-state index is 9.64. The molecule has 1 aliphatic heterocycles. The van der Waals surface area contributed by atoms with Gasteiger partial charge in [-0.25, -0.2) is 0 Å². The molecule has 3 N–H and O–H groups in total. The Hall–Kier alpha value is -0.930. The number of hydrogen-bond acceptors (Lipinski definition) is 3. The Kier molecular flexibility index (Phi) is 3.79. The molecule has 0 aliphatic carbocycles. The second-order valence-corrected chi connectivity index (χ2v) is 5.08. The van der Waals surface area contributed by atoms with Crippen LogP contribution in [0.5, 0.6) is 11.5 Å². The van der Waals surface area contributed by atoms with Crippen LogP contribution in [0.2, 0.25) is 5.02 Å². The Morgan fingerprint density at radius 2 is 2.18 bits per heavy atom. The van der Waals surface area contributed by atoms with Crippen molar-refractivity contribution >= 4 is 11.6 Å². The standard InChI is InChI=1S/C13H18ClNO2/c1-8-6-11(16)13(17)12(14)10(8)7-9-4-2-3-5-15-9/h6,9,15-17H,2-5,7H2,1H3. The third-order valence-corrected chi connectivity index (χ3v) is 3.81. The summed E-state index contributed by atoms with van der Waals surface area (Å²) in [5.74, 6) is -0.351. The lowest BCUT2D eigenvalue weighted by Crippen LogP contribution is -2.35. The Balaban J connectivity index is 2.22. The predicted octanol–water partition coefficient (Wildman–Crippen LogP) is 2.74. The molecule has 1 heterocycles. The van der Waals surface area contributed by atoms with E-state index >= 15 is 0 Å². The number of hydrogen-bond donors (Lipinski definition) is 3. The van der Waals surface area contributed by atoms with Crippen molar-refractivity contribution in [3.05, 3.63) is 22.2 Å². The average molecular weight is 256 g/mol. The van der Waals surface area contributed by atoms with Crippen molar-refractivity contribution in [3.8, 4) is 11.5 Å². The third kappa shape index (κ3) is 2.67. The number of aryl methyl sites for hydroxylation is 1. The van der Waals surface area contributed by atoms with Crippen LogP contribution >= 0.6 is 11.6 Å². The van der Waals surface area contributed by atoms with E-state index in [4.69, 9.17) is 11.6 Å². The van der Waals surface area contributed by atoms with Gasteiger partial charge in [-0.1, -0.05) is 18.0 Å². The van der Waals surface area contributed by atoms with Gasteiger partial charge in [0.05, 0.1) is 5.02 Å². The molecule has 1 aliphatic rings. The molecule has 0 aromatic heterocycles. The van der Waals surface area contributed by atoms with Gasteiger partial charge in [-0.15, -0.1) is 0 Å². The third-order valence-electron chi connectivity index (χ3n) is 3.41. The van der Waals surface area contributed by atoms with E-state index in [2.05, 4.69) is 5.32 Å². The zero-order valence-corrected chi connectivity index (χ0v) is 10.7. The van der Waals surface area contributed by atoms with Gasteiger partial charge in [0.1, 0.15) is 0 Å². The van der Waals surface area contributed by atoms with Gasteiger partial charge in [0.25, 0.3) is 0 Å². The number of aromatic hydroxyl groups is 2. The normalized spacial score (nSPS) is 20.5. The lowest BCUT2D eigenvalue weighted by atomic mass is 9.95. The molecule has 0 saturated carbocycles. The van der Waals surface area contributed by atoms with E-state index in [0.29, 0.717) is 6.04 Å². The van der Waals surface area contributed by atoms with Gasteiger partial charge in [-0.2, -0.15) is 0 Å². The summed E-state index contributed by atoms with van der Waals surface area (Å²) in [6.45, 7) is 2.95. The number of rotatable bonds is 2. The first kappa shape index (κ1) is 12.5. The van der Waals surface area contributed by atoms with Gasteiger partial charge >= 0.3 is 0 Å². The molecule has 0 amide bonds. The molecule has 4 heteroatoms. The summed E-state index contributed by atoms with van der Waals surface area (Å²) in [4.78, 5) is 0. The molecule has 1 saturated heterocycles. The van der Waals surface area contributed by atoms with Gasteiger partial charge in [0.2, 0.25) is 0 Å². The van der Waals surface area contributed by atoms with E-state index < -0.39 is 0 Å². The quantitative estimate of drug-likeness (QED) is 0.713. The summed E-state index contributed by atoms with van der Waals surface area (Å²) in [6.07, 6.45) is 4.40. The van der Waals surface area contributed by atoms with Crippen molar-refractivity contribution in [2.24, 2.45) is 0 Å². The summed E-state index contributed by atoms with van der Waals surface area (Å²) in [5, 5.41) is 22.8. The number of halogens is 1. The van der Waals surface area contributed by atoms with E-state index in [1.807, 2.05) is 6.92 Å². The summed E-state index contributed by atoms with van der Waals surface area (Å²) in [5.41, 5.74) is 1.86. The summed E-state index contributed by atoms with van der Waals surface area (Å²) in [7, 11) is 0. The van der Waals surface area contributed by atoms with Crippen LogP contribution in [-0.2, 0) is 6.42 Å². The number of nitrogens with one attached hydrogen (secondary N) is 1. The summed E-state index contributed by atoms with van der Waals surface area (Å²) < 4.78 is 0. The van der Waals surface area contributed by atoms with Gasteiger partial charge in [-0.3, -0.25) is 0 Å². The lowest BCUT2D eigenvalue weighted by Gasteiger charge is -2.24. The molecule has 1 fully saturated rings. The Morgan fingerprint density at radius 3 is 2.82 bits per heavy atom. The van der Waals surface area contributed by atoms with E-state index in [-0.39, 0.29) is 16.5 Å². The SMILES string of the molecule is Cc1cc(O)c(O)c(Cl)c1CC1CCCCN1. The largest absolute Gasteiger partial charge is 0.504 e. The summed E-state index contributed by atoms with van der Waals surface area (Å²) >= 11 is 6.09. The van der Waals surface area contributed by atoms with E-state index in [0.717, 1.165) is 30.5 Å². The average Bonchev–Trinajstić information content (AvgIpc) is 2.33. The number of piperidine rings is 1. The summed E-state index contributed by atoms with van der Waals surface area (Å²) in [6, 6.07) is 1.99. The van der Waals surface area contributed by atoms with Crippen LogP contribution in [-0.4, -0.2) is 22.8 Å². The number of phenolic OH excluding ortho intramolecular Hbond substituents is 2. The molecule has 1 atom stereocenters. The molecule has 1 unspecified atom stereocenters. The molecule has 17 heavy (non-hydrogen) atoms. The number of benzene rings is 1. The highest BCUT2D eigenvalue weighted by Crippen LogP contribution is 2.38. The smallest absolute Gasteiger partial charge is 0.176 e. The van der Waals surface area contributed by atoms with Gasteiger partial charge in [-0.05, 0) is 49.9 Å². The van der Waals surface area contributed by atoms with Crippen LogP contribution in [0.15, 0.2) is 6.07 Å². The van der Waals surface area contributed by atoms with Crippen LogP contribution in [0.25, 0.3) is 0 Å². The molecule has 0 radical (unpaired) electrons. The highest BCUT2D eigenvalue weighted by molar-refractivity contribution is 6.33. The molecule has 2 rings (SSSR count). The fraction of sp³-hybridized carbons (Fsp3) is 0.538. The molecule has 1 aromatic carbocycles. The van der Waals surface area contributed by atoms with Crippen molar-refractivity contribution in [1.29, 1.82) is 0 Å². The first-order valence-corrected chi connectivity index (χ1v) is 6.40. The molecule has 3 nitrogen and oxygen atoms in total. The molecular weight excluding hydrogens is 238 g/mol. The first-order valence-electron chi connectivity index (χ1n) is 6.03. The maximum Gasteiger partial charge on any atom is 0.176 e. The van der Waals surface area contributed by atoms with Crippen LogP contribution in [0, 0.1) is 6.92 Å². The van der Waals surface area contributed by atoms with E-state index in [1.54, 1.807) is 6.07 Å². The van der Waals surface area contributed by atoms with Crippen LogP contribution in [0.4, 0.5) is 0 Å². The zero-order valence-electron chi connectivity index (χ0n) is 9.96. The highest BCUT2D eigenvalue weighted by atomic mass is 35.5. The van der Waals surface area contributed by atoms with E-state index in [1.165, 1.54) is 12.8 Å². The minimum absolute atomic E-state index is 0.146. The topological polar surface area (TPSA) is 52.5 Å². The fourth-order valence-electron chi connectivity index (χ4n) is 2.38. The monoisotopic (exact) mass is 255 g/mol. The van der Waals surface area contributed by atoms with Gasteiger partial charge in [0.15, 0.2) is 11.5 Å². The fourth-order valence-corrected chi connectivity index (χ4v) is 2.71. The molecule has 94 valence electrons. The van der Waals surface area contributed by atoms with Crippen LogP contribution < -0.4 is 5.32 Å². The number of phenols is 2. The second-order valence-electron chi connectivity index (χ2n) is 4.70. The van der Waals surface area contributed by atoms with Crippen LogP contribution in [0.1, 0.15) is 30.4 Å². The van der Waals surface area contributed by atoms with Crippen molar-refractivity contribution < 1.29 is 10.2 Å². The molecular formula is C13H18ClNO2. The Bertz CT molecular complexity index is 414. The predicted molar refractivity (Wildman–Crippen MR) is 68.9 cm³/mol.